The lowest BCUT2D eigenvalue weighted by atomic mass is 10.1. The van der Waals surface area contributed by atoms with E-state index in [4.69, 9.17) is 0 Å². The van der Waals surface area contributed by atoms with Crippen molar-refractivity contribution in [3.63, 3.8) is 0 Å². The van der Waals surface area contributed by atoms with Gasteiger partial charge in [0.2, 0.25) is 0 Å². The third-order valence-corrected chi connectivity index (χ3v) is 3.59. The molecule has 0 bridgehead atoms. The Morgan fingerprint density at radius 3 is 2.61 bits per heavy atom. The minimum Gasteiger partial charge on any atom is -0.380 e. The first kappa shape index (κ1) is 13.1. The molecule has 0 aliphatic carbocycles. The van der Waals surface area contributed by atoms with Crippen molar-refractivity contribution in [3.8, 4) is 0 Å². The van der Waals surface area contributed by atoms with E-state index in [0.29, 0.717) is 6.54 Å². The van der Waals surface area contributed by atoms with E-state index in [-0.39, 0.29) is 5.82 Å². The van der Waals surface area contributed by atoms with Crippen molar-refractivity contribution in [2.24, 2.45) is 0 Å². The van der Waals surface area contributed by atoms with Crippen LogP contribution in [-0.4, -0.2) is 0 Å². The fourth-order valence-electron chi connectivity index (χ4n) is 1.82. The van der Waals surface area contributed by atoms with Crippen molar-refractivity contribution in [3.05, 3.63) is 63.4 Å². The fraction of sp³-hybridized carbons (Fsp3) is 0.200. The van der Waals surface area contributed by atoms with Gasteiger partial charge < -0.3 is 5.32 Å². The first-order valence-corrected chi connectivity index (χ1v) is 6.60. The summed E-state index contributed by atoms with van der Waals surface area (Å²) in [7, 11) is 0. The molecule has 0 unspecified atom stereocenters. The van der Waals surface area contributed by atoms with Crippen molar-refractivity contribution in [2.45, 2.75) is 20.4 Å². The third-order valence-electron chi connectivity index (χ3n) is 2.90. The highest BCUT2D eigenvalue weighted by molar-refractivity contribution is 9.10. The van der Waals surface area contributed by atoms with Gasteiger partial charge in [-0.25, -0.2) is 4.39 Å². The summed E-state index contributed by atoms with van der Waals surface area (Å²) in [5.41, 5.74) is 4.33. The molecule has 0 aromatic heterocycles. The second-order valence-corrected chi connectivity index (χ2v) is 5.26. The molecule has 0 saturated heterocycles. The van der Waals surface area contributed by atoms with E-state index >= 15 is 0 Å². The summed E-state index contributed by atoms with van der Waals surface area (Å²) in [6, 6.07) is 11.0. The highest BCUT2D eigenvalue weighted by Crippen LogP contribution is 2.24. The van der Waals surface area contributed by atoms with Crippen molar-refractivity contribution in [1.82, 2.24) is 0 Å². The first-order valence-electron chi connectivity index (χ1n) is 5.81. The van der Waals surface area contributed by atoms with Crippen LogP contribution in [0.3, 0.4) is 0 Å². The standard InChI is InChI=1S/C15H15BrFN/c1-10-3-6-14(16)15(7-10)18-9-12-4-5-13(17)8-11(12)2/h3-8,18H,9H2,1-2H3. The Kier molecular flexibility index (Phi) is 4.02. The molecule has 0 heterocycles. The maximum atomic E-state index is 13.0. The summed E-state index contributed by atoms with van der Waals surface area (Å²) in [5.74, 6) is -0.187. The largest absolute Gasteiger partial charge is 0.380 e. The van der Waals surface area contributed by atoms with Gasteiger partial charge in [0.25, 0.3) is 0 Å². The molecule has 18 heavy (non-hydrogen) atoms. The molecule has 0 spiro atoms. The molecular formula is C15H15BrFN. The summed E-state index contributed by atoms with van der Waals surface area (Å²) < 4.78 is 14.0. The highest BCUT2D eigenvalue weighted by Gasteiger charge is 2.03. The Bertz CT molecular complexity index is 566. The second-order valence-electron chi connectivity index (χ2n) is 4.41. The van der Waals surface area contributed by atoms with Crippen molar-refractivity contribution in [2.75, 3.05) is 5.32 Å². The van der Waals surface area contributed by atoms with Gasteiger partial charge in [-0.15, -0.1) is 0 Å². The summed E-state index contributed by atoms with van der Waals surface area (Å²) >= 11 is 3.51. The summed E-state index contributed by atoms with van der Waals surface area (Å²) in [4.78, 5) is 0. The lowest BCUT2D eigenvalue weighted by molar-refractivity contribution is 0.625. The molecule has 0 radical (unpaired) electrons. The van der Waals surface area contributed by atoms with Crippen LogP contribution < -0.4 is 5.32 Å². The monoisotopic (exact) mass is 307 g/mol. The predicted molar refractivity (Wildman–Crippen MR) is 77.3 cm³/mol. The Morgan fingerprint density at radius 1 is 1.11 bits per heavy atom. The molecule has 2 aromatic carbocycles. The van der Waals surface area contributed by atoms with Crippen LogP contribution in [0.5, 0.6) is 0 Å². The van der Waals surface area contributed by atoms with Crippen LogP contribution in [0.25, 0.3) is 0 Å². The molecule has 3 heteroatoms. The Balaban J connectivity index is 2.13. The van der Waals surface area contributed by atoms with Crippen LogP contribution in [0.1, 0.15) is 16.7 Å². The number of aryl methyl sites for hydroxylation is 2. The maximum Gasteiger partial charge on any atom is 0.123 e. The van der Waals surface area contributed by atoms with Crippen LogP contribution in [0.15, 0.2) is 40.9 Å². The molecule has 0 saturated carbocycles. The first-order chi connectivity index (χ1) is 8.56. The van der Waals surface area contributed by atoms with Crippen LogP contribution in [-0.2, 0) is 6.54 Å². The number of nitrogens with one attached hydrogen (secondary N) is 1. The quantitative estimate of drug-likeness (QED) is 0.857. The summed E-state index contributed by atoms with van der Waals surface area (Å²) in [5, 5.41) is 3.36. The number of anilines is 1. The van der Waals surface area contributed by atoms with Crippen LogP contribution >= 0.6 is 15.9 Å². The van der Waals surface area contributed by atoms with Crippen LogP contribution in [0.4, 0.5) is 10.1 Å². The van der Waals surface area contributed by atoms with E-state index in [2.05, 4.69) is 40.3 Å². The third kappa shape index (κ3) is 3.10. The van der Waals surface area contributed by atoms with Gasteiger partial charge in [0.05, 0.1) is 0 Å². The van der Waals surface area contributed by atoms with Gasteiger partial charge in [-0.05, 0) is 70.7 Å². The van der Waals surface area contributed by atoms with E-state index in [0.717, 1.165) is 21.3 Å². The maximum absolute atomic E-state index is 13.0. The van der Waals surface area contributed by atoms with E-state index in [9.17, 15) is 4.39 Å². The van der Waals surface area contributed by atoms with Crippen molar-refractivity contribution < 1.29 is 4.39 Å². The number of benzene rings is 2. The minimum atomic E-state index is -0.187. The lowest BCUT2D eigenvalue weighted by Crippen LogP contribution is -2.02. The molecule has 0 amide bonds. The molecule has 2 aromatic rings. The Labute approximate surface area is 115 Å². The van der Waals surface area contributed by atoms with Crippen LogP contribution in [0.2, 0.25) is 0 Å². The van der Waals surface area contributed by atoms with E-state index < -0.39 is 0 Å². The van der Waals surface area contributed by atoms with Gasteiger partial charge in [0.15, 0.2) is 0 Å². The predicted octanol–water partition coefficient (Wildman–Crippen LogP) is 4.82. The molecular weight excluding hydrogens is 293 g/mol. The zero-order chi connectivity index (χ0) is 13.1. The normalized spacial score (nSPS) is 10.4. The zero-order valence-electron chi connectivity index (χ0n) is 10.4. The van der Waals surface area contributed by atoms with E-state index in [1.807, 2.05) is 19.1 Å². The number of halogens is 2. The van der Waals surface area contributed by atoms with Crippen LogP contribution in [0, 0.1) is 19.7 Å². The smallest absolute Gasteiger partial charge is 0.123 e. The SMILES string of the molecule is Cc1ccc(Br)c(NCc2ccc(F)cc2C)c1. The molecule has 0 fully saturated rings. The van der Waals surface area contributed by atoms with Gasteiger partial charge in [0, 0.05) is 16.7 Å². The average Bonchev–Trinajstić information content (AvgIpc) is 2.32. The topological polar surface area (TPSA) is 12.0 Å². The van der Waals surface area contributed by atoms with Gasteiger partial charge in [0.1, 0.15) is 5.82 Å². The molecule has 0 aliphatic rings. The fourth-order valence-corrected chi connectivity index (χ4v) is 2.21. The molecule has 0 atom stereocenters. The lowest BCUT2D eigenvalue weighted by Gasteiger charge is -2.11. The molecule has 2 rings (SSSR count). The molecule has 0 aliphatic heterocycles. The van der Waals surface area contributed by atoms with Gasteiger partial charge >= 0.3 is 0 Å². The zero-order valence-corrected chi connectivity index (χ0v) is 12.0. The van der Waals surface area contributed by atoms with Crippen molar-refractivity contribution >= 4 is 21.6 Å². The highest BCUT2D eigenvalue weighted by atomic mass is 79.9. The van der Waals surface area contributed by atoms with Gasteiger partial charge in [-0.3, -0.25) is 0 Å². The van der Waals surface area contributed by atoms with Crippen molar-refractivity contribution in [1.29, 1.82) is 0 Å². The number of hydrogen-bond donors (Lipinski definition) is 1. The van der Waals surface area contributed by atoms with Gasteiger partial charge in [-0.1, -0.05) is 12.1 Å². The summed E-state index contributed by atoms with van der Waals surface area (Å²) in [6.07, 6.45) is 0. The number of hydrogen-bond acceptors (Lipinski definition) is 1. The molecule has 1 N–H and O–H groups in total. The Hall–Kier alpha value is -1.35. The summed E-state index contributed by atoms with van der Waals surface area (Å²) in [6.45, 7) is 4.67. The minimum absolute atomic E-state index is 0.187. The van der Waals surface area contributed by atoms with Gasteiger partial charge in [-0.2, -0.15) is 0 Å². The average molecular weight is 308 g/mol. The molecule has 1 nitrogen and oxygen atoms in total. The van der Waals surface area contributed by atoms with E-state index in [1.165, 1.54) is 11.6 Å². The Morgan fingerprint density at radius 2 is 1.89 bits per heavy atom. The second kappa shape index (κ2) is 5.53. The number of rotatable bonds is 3. The van der Waals surface area contributed by atoms with E-state index in [1.54, 1.807) is 6.07 Å². The molecule has 94 valence electrons.